The molecule has 0 spiro atoms. The Kier molecular flexibility index (Phi) is 6.72. The predicted molar refractivity (Wildman–Crippen MR) is 111 cm³/mol. The maximum Gasteiger partial charge on any atom is 0.262 e. The Labute approximate surface area is 168 Å². The van der Waals surface area contributed by atoms with Gasteiger partial charge in [-0.1, -0.05) is 23.9 Å². The van der Waals surface area contributed by atoms with Crippen LogP contribution in [0.3, 0.4) is 0 Å². The summed E-state index contributed by atoms with van der Waals surface area (Å²) >= 11 is 1.27. The van der Waals surface area contributed by atoms with E-state index in [-0.39, 0.29) is 29.2 Å². The van der Waals surface area contributed by atoms with Crippen molar-refractivity contribution < 1.29 is 9.59 Å². The van der Waals surface area contributed by atoms with Crippen LogP contribution in [0.2, 0.25) is 0 Å². The monoisotopic (exact) mass is 402 g/mol. The van der Waals surface area contributed by atoms with Gasteiger partial charge in [-0.15, -0.1) is 0 Å². The van der Waals surface area contributed by atoms with Crippen molar-refractivity contribution in [1.29, 1.82) is 0 Å². The second-order valence-electron chi connectivity index (χ2n) is 7.16. The van der Waals surface area contributed by atoms with Crippen LogP contribution in [0, 0.1) is 0 Å². The molecule has 8 heteroatoms. The molecule has 1 aromatic heterocycles. The van der Waals surface area contributed by atoms with Crippen molar-refractivity contribution in [2.24, 2.45) is 0 Å². The Balaban J connectivity index is 1.57. The molecule has 1 saturated heterocycles. The highest BCUT2D eigenvalue weighted by molar-refractivity contribution is 7.99. The van der Waals surface area contributed by atoms with Crippen molar-refractivity contribution in [3.05, 3.63) is 34.6 Å². The lowest BCUT2D eigenvalue weighted by atomic mass is 10.2. The number of thioether (sulfide) groups is 1. The van der Waals surface area contributed by atoms with E-state index >= 15 is 0 Å². The molecule has 150 valence electrons. The smallest absolute Gasteiger partial charge is 0.262 e. The molecule has 2 amide bonds. The molecule has 3 rings (SSSR count). The Morgan fingerprint density at radius 1 is 1.29 bits per heavy atom. The number of nitrogens with one attached hydrogen (secondary N) is 1. The Morgan fingerprint density at radius 2 is 2.07 bits per heavy atom. The molecule has 1 aliphatic heterocycles. The quantitative estimate of drug-likeness (QED) is 0.416. The molecule has 0 bridgehead atoms. The topological polar surface area (TPSA) is 84.3 Å². The maximum absolute atomic E-state index is 12.8. The summed E-state index contributed by atoms with van der Waals surface area (Å²) in [6.45, 7) is 5.91. The van der Waals surface area contributed by atoms with E-state index in [1.807, 2.05) is 36.9 Å². The van der Waals surface area contributed by atoms with Crippen LogP contribution in [0.15, 0.2) is 34.2 Å². The van der Waals surface area contributed by atoms with Gasteiger partial charge in [0.05, 0.1) is 16.7 Å². The first kappa shape index (κ1) is 20.4. The van der Waals surface area contributed by atoms with Gasteiger partial charge in [0.1, 0.15) is 0 Å². The number of nitrogens with zero attached hydrogens (tertiary/aromatic N) is 3. The van der Waals surface area contributed by atoms with E-state index in [0.29, 0.717) is 35.6 Å². The molecular weight excluding hydrogens is 376 g/mol. The number of hydrogen-bond donors (Lipinski definition) is 1. The van der Waals surface area contributed by atoms with Crippen LogP contribution < -0.4 is 10.9 Å². The van der Waals surface area contributed by atoms with Crippen LogP contribution in [0.25, 0.3) is 10.9 Å². The average Bonchev–Trinajstić information content (AvgIpc) is 3.08. The number of fused-ring (bicyclic) bond motifs is 1. The summed E-state index contributed by atoms with van der Waals surface area (Å²) in [6.07, 6.45) is 2.31. The van der Waals surface area contributed by atoms with E-state index in [0.717, 1.165) is 19.4 Å². The molecule has 0 radical (unpaired) electrons. The standard InChI is InChI=1S/C20H26N4O3S/c1-14(2)24-19(27)15-7-3-4-8-16(15)22-20(24)28-13-17(25)21-10-6-12-23-11-5-9-18(23)26/h3-4,7-8,14H,5-6,9-13H2,1-2H3,(H,21,25). The van der Waals surface area contributed by atoms with Gasteiger partial charge in [-0.25, -0.2) is 4.98 Å². The molecule has 0 unspecified atom stereocenters. The normalized spacial score (nSPS) is 14.2. The summed E-state index contributed by atoms with van der Waals surface area (Å²) in [4.78, 5) is 43.0. The summed E-state index contributed by atoms with van der Waals surface area (Å²) in [5.41, 5.74) is 0.557. The molecule has 7 nitrogen and oxygen atoms in total. The highest BCUT2D eigenvalue weighted by Crippen LogP contribution is 2.20. The fourth-order valence-corrected chi connectivity index (χ4v) is 4.26. The molecule has 0 aliphatic carbocycles. The number of hydrogen-bond acceptors (Lipinski definition) is 5. The van der Waals surface area contributed by atoms with Crippen LogP contribution >= 0.6 is 11.8 Å². The Hall–Kier alpha value is -2.35. The van der Waals surface area contributed by atoms with Crippen molar-refractivity contribution in [1.82, 2.24) is 19.8 Å². The number of carbonyl (C=O) groups is 2. The number of aromatic nitrogens is 2. The van der Waals surface area contributed by atoms with Gasteiger partial charge < -0.3 is 10.2 Å². The number of carbonyl (C=O) groups excluding carboxylic acids is 2. The van der Waals surface area contributed by atoms with Gasteiger partial charge >= 0.3 is 0 Å². The fraction of sp³-hybridized carbons (Fsp3) is 0.500. The summed E-state index contributed by atoms with van der Waals surface area (Å²) in [7, 11) is 0. The number of benzene rings is 1. The molecule has 1 N–H and O–H groups in total. The van der Waals surface area contributed by atoms with E-state index in [1.165, 1.54) is 11.8 Å². The van der Waals surface area contributed by atoms with Gasteiger partial charge in [0.15, 0.2) is 5.16 Å². The average molecular weight is 403 g/mol. The van der Waals surface area contributed by atoms with Gasteiger partial charge in [0.2, 0.25) is 11.8 Å². The summed E-state index contributed by atoms with van der Waals surface area (Å²) in [5.74, 6) is 0.298. The first-order valence-corrected chi connectivity index (χ1v) is 10.6. The number of para-hydroxylation sites is 1. The molecule has 0 atom stereocenters. The van der Waals surface area contributed by atoms with Crippen molar-refractivity contribution in [2.45, 2.75) is 44.3 Å². The van der Waals surface area contributed by atoms with Crippen molar-refractivity contribution in [3.63, 3.8) is 0 Å². The van der Waals surface area contributed by atoms with Gasteiger partial charge in [-0.05, 0) is 38.8 Å². The van der Waals surface area contributed by atoms with E-state index < -0.39 is 0 Å². The maximum atomic E-state index is 12.8. The minimum absolute atomic E-state index is 0.0480. The van der Waals surface area contributed by atoms with Crippen molar-refractivity contribution in [2.75, 3.05) is 25.4 Å². The number of likely N-dealkylation sites (tertiary alicyclic amines) is 1. The third-order valence-corrected chi connectivity index (χ3v) is 5.68. The lowest BCUT2D eigenvalue weighted by Crippen LogP contribution is -2.31. The largest absolute Gasteiger partial charge is 0.355 e. The summed E-state index contributed by atoms with van der Waals surface area (Å²) < 4.78 is 1.64. The molecule has 1 aromatic carbocycles. The van der Waals surface area contributed by atoms with Crippen molar-refractivity contribution >= 4 is 34.5 Å². The predicted octanol–water partition coefficient (Wildman–Crippen LogP) is 2.20. The SMILES string of the molecule is CC(C)n1c(SCC(=O)NCCCN2CCCC2=O)nc2ccccc2c1=O. The molecule has 2 aromatic rings. The molecule has 0 saturated carbocycles. The van der Waals surface area contributed by atoms with Crippen LogP contribution in [0.5, 0.6) is 0 Å². The second kappa shape index (κ2) is 9.23. The Morgan fingerprint density at radius 3 is 2.79 bits per heavy atom. The molecular formula is C20H26N4O3S. The minimum atomic E-state index is -0.101. The van der Waals surface area contributed by atoms with E-state index in [4.69, 9.17) is 0 Å². The third kappa shape index (κ3) is 4.73. The lowest BCUT2D eigenvalue weighted by Gasteiger charge is -2.16. The minimum Gasteiger partial charge on any atom is -0.355 e. The first-order chi connectivity index (χ1) is 13.5. The van der Waals surface area contributed by atoms with Crippen LogP contribution in [-0.2, 0) is 9.59 Å². The molecule has 28 heavy (non-hydrogen) atoms. The zero-order valence-corrected chi connectivity index (χ0v) is 17.1. The van der Waals surface area contributed by atoms with Gasteiger partial charge in [0.25, 0.3) is 5.56 Å². The van der Waals surface area contributed by atoms with Gasteiger partial charge in [0, 0.05) is 32.1 Å². The number of rotatable bonds is 8. The van der Waals surface area contributed by atoms with Gasteiger partial charge in [-0.3, -0.25) is 19.0 Å². The third-order valence-electron chi connectivity index (χ3n) is 4.72. The highest BCUT2D eigenvalue weighted by atomic mass is 32.2. The second-order valence-corrected chi connectivity index (χ2v) is 8.10. The van der Waals surface area contributed by atoms with E-state index in [2.05, 4.69) is 10.3 Å². The summed E-state index contributed by atoms with van der Waals surface area (Å²) in [5, 5.41) is 4.02. The fourth-order valence-electron chi connectivity index (χ4n) is 3.30. The highest BCUT2D eigenvalue weighted by Gasteiger charge is 2.19. The molecule has 1 aliphatic rings. The van der Waals surface area contributed by atoms with E-state index in [9.17, 15) is 14.4 Å². The zero-order chi connectivity index (χ0) is 20.1. The van der Waals surface area contributed by atoms with Crippen LogP contribution in [0.1, 0.15) is 39.2 Å². The van der Waals surface area contributed by atoms with E-state index in [1.54, 1.807) is 10.6 Å². The number of amides is 2. The van der Waals surface area contributed by atoms with Crippen LogP contribution in [-0.4, -0.2) is 51.7 Å². The zero-order valence-electron chi connectivity index (χ0n) is 16.3. The molecule has 2 heterocycles. The van der Waals surface area contributed by atoms with Crippen LogP contribution in [0.4, 0.5) is 0 Å². The summed E-state index contributed by atoms with van der Waals surface area (Å²) in [6, 6.07) is 7.21. The Bertz CT molecular complexity index is 925. The first-order valence-electron chi connectivity index (χ1n) is 9.66. The van der Waals surface area contributed by atoms with Crippen molar-refractivity contribution in [3.8, 4) is 0 Å². The molecule has 1 fully saturated rings. The lowest BCUT2D eigenvalue weighted by molar-refractivity contribution is -0.127. The van der Waals surface area contributed by atoms with Gasteiger partial charge in [-0.2, -0.15) is 0 Å².